The fraction of sp³-hybridized carbons (Fsp3) is 0.857. The molecule has 3 heterocycles. The lowest BCUT2D eigenvalue weighted by Gasteiger charge is -2.39. The van der Waals surface area contributed by atoms with E-state index in [1.54, 1.807) is 28.5 Å². The molecule has 6 heteroatoms. The van der Waals surface area contributed by atoms with Gasteiger partial charge in [0.05, 0.1) is 10.5 Å². The second kappa shape index (κ2) is 4.63. The summed E-state index contributed by atoms with van der Waals surface area (Å²) in [6.07, 6.45) is 2.93. The highest BCUT2D eigenvalue weighted by Gasteiger charge is 2.54. The van der Waals surface area contributed by atoms with E-state index in [1.165, 1.54) is 0 Å². The first-order chi connectivity index (χ1) is 9.32. The van der Waals surface area contributed by atoms with Gasteiger partial charge in [-0.05, 0) is 33.1 Å². The van der Waals surface area contributed by atoms with Crippen LogP contribution in [0.3, 0.4) is 0 Å². The van der Waals surface area contributed by atoms with Crippen molar-refractivity contribution in [2.24, 2.45) is 0 Å². The number of likely N-dealkylation sites (tertiary alicyclic amines) is 1. The molecule has 0 aromatic heterocycles. The van der Waals surface area contributed by atoms with Crippen molar-refractivity contribution in [3.05, 3.63) is 0 Å². The number of thioether (sulfide) groups is 1. The molecule has 5 nitrogen and oxygen atoms in total. The molecule has 20 heavy (non-hydrogen) atoms. The van der Waals surface area contributed by atoms with Crippen LogP contribution in [-0.4, -0.2) is 62.1 Å². The summed E-state index contributed by atoms with van der Waals surface area (Å²) in [5.41, 5.74) is -0.794. The summed E-state index contributed by atoms with van der Waals surface area (Å²) in [5.74, 6) is 0.788. The molecule has 0 saturated carbocycles. The van der Waals surface area contributed by atoms with Gasteiger partial charge in [-0.2, -0.15) is 0 Å². The van der Waals surface area contributed by atoms with Gasteiger partial charge in [-0.3, -0.25) is 9.59 Å². The number of hydrogen-bond donors (Lipinski definition) is 1. The molecule has 3 aliphatic rings. The van der Waals surface area contributed by atoms with E-state index in [9.17, 15) is 14.7 Å². The standard InChI is InChI=1S/C14H22N2O3S/c1-13(19)5-3-7-15(9-13)12(18)10-8-20-14(2)6-4-11(17)16(10)14/h10,19H,3-9H2,1-2H3. The summed E-state index contributed by atoms with van der Waals surface area (Å²) in [6.45, 7) is 4.91. The normalized spacial score (nSPS) is 41.1. The van der Waals surface area contributed by atoms with Crippen molar-refractivity contribution in [3.8, 4) is 0 Å². The highest BCUT2D eigenvalue weighted by molar-refractivity contribution is 8.01. The molecule has 0 aromatic rings. The highest BCUT2D eigenvalue weighted by atomic mass is 32.2. The molecule has 2 amide bonds. The van der Waals surface area contributed by atoms with E-state index in [-0.39, 0.29) is 22.7 Å². The molecule has 0 aliphatic carbocycles. The van der Waals surface area contributed by atoms with Gasteiger partial charge < -0.3 is 14.9 Å². The van der Waals surface area contributed by atoms with E-state index in [4.69, 9.17) is 0 Å². The number of piperidine rings is 1. The third kappa shape index (κ3) is 2.22. The Kier molecular flexibility index (Phi) is 3.29. The minimum atomic E-state index is -0.794. The van der Waals surface area contributed by atoms with Crippen LogP contribution in [0.25, 0.3) is 0 Å². The zero-order valence-electron chi connectivity index (χ0n) is 12.1. The molecule has 3 unspecified atom stereocenters. The van der Waals surface area contributed by atoms with E-state index in [0.29, 0.717) is 25.3 Å². The van der Waals surface area contributed by atoms with Crippen molar-refractivity contribution in [1.82, 2.24) is 9.80 Å². The number of carbonyl (C=O) groups is 2. The Morgan fingerprint density at radius 2 is 2.15 bits per heavy atom. The molecule has 3 aliphatic heterocycles. The molecule has 3 fully saturated rings. The Bertz CT molecular complexity index is 454. The first-order valence-electron chi connectivity index (χ1n) is 7.30. The van der Waals surface area contributed by atoms with Crippen LogP contribution >= 0.6 is 11.8 Å². The summed E-state index contributed by atoms with van der Waals surface area (Å²) in [6, 6.07) is -0.339. The third-order valence-electron chi connectivity index (χ3n) is 4.72. The minimum Gasteiger partial charge on any atom is -0.388 e. The summed E-state index contributed by atoms with van der Waals surface area (Å²) >= 11 is 1.71. The molecule has 3 saturated heterocycles. The van der Waals surface area contributed by atoms with Crippen molar-refractivity contribution in [3.63, 3.8) is 0 Å². The number of aliphatic hydroxyl groups is 1. The van der Waals surface area contributed by atoms with Crippen molar-refractivity contribution in [2.75, 3.05) is 18.8 Å². The molecule has 112 valence electrons. The van der Waals surface area contributed by atoms with Crippen molar-refractivity contribution < 1.29 is 14.7 Å². The van der Waals surface area contributed by atoms with Gasteiger partial charge in [-0.25, -0.2) is 0 Å². The summed E-state index contributed by atoms with van der Waals surface area (Å²) in [5, 5.41) is 10.1. The van der Waals surface area contributed by atoms with E-state index >= 15 is 0 Å². The lowest BCUT2D eigenvalue weighted by atomic mass is 9.94. The van der Waals surface area contributed by atoms with Gasteiger partial charge in [0.25, 0.3) is 0 Å². The SMILES string of the molecule is CC1(O)CCCN(C(=O)C2CSC3(C)CCC(=O)N23)C1. The summed E-state index contributed by atoms with van der Waals surface area (Å²) in [7, 11) is 0. The van der Waals surface area contributed by atoms with Gasteiger partial charge in [-0.15, -0.1) is 11.8 Å². The fourth-order valence-electron chi connectivity index (χ4n) is 3.62. The van der Waals surface area contributed by atoms with Gasteiger partial charge in [0.2, 0.25) is 11.8 Å². The largest absolute Gasteiger partial charge is 0.388 e. The second-order valence-electron chi connectivity index (χ2n) is 6.63. The van der Waals surface area contributed by atoms with Crippen LogP contribution in [0, 0.1) is 0 Å². The van der Waals surface area contributed by atoms with Gasteiger partial charge in [-0.1, -0.05) is 0 Å². The fourth-order valence-corrected chi connectivity index (χ4v) is 5.05. The molecule has 1 N–H and O–H groups in total. The smallest absolute Gasteiger partial charge is 0.246 e. The maximum absolute atomic E-state index is 12.7. The minimum absolute atomic E-state index is 0.0106. The van der Waals surface area contributed by atoms with Crippen LogP contribution in [0.5, 0.6) is 0 Å². The second-order valence-corrected chi connectivity index (χ2v) is 8.13. The molecular weight excluding hydrogens is 276 g/mol. The Morgan fingerprint density at radius 3 is 2.85 bits per heavy atom. The third-order valence-corrected chi connectivity index (χ3v) is 6.22. The first-order valence-corrected chi connectivity index (χ1v) is 8.28. The summed E-state index contributed by atoms with van der Waals surface area (Å²) < 4.78 is 0. The molecule has 3 rings (SSSR count). The molecule has 0 spiro atoms. The summed E-state index contributed by atoms with van der Waals surface area (Å²) in [4.78, 5) is 28.1. The van der Waals surface area contributed by atoms with Gasteiger partial charge in [0.15, 0.2) is 0 Å². The average Bonchev–Trinajstić information content (AvgIpc) is 2.85. The Labute approximate surface area is 123 Å². The van der Waals surface area contributed by atoms with Crippen LogP contribution in [0.15, 0.2) is 0 Å². The van der Waals surface area contributed by atoms with Crippen LogP contribution in [0.4, 0.5) is 0 Å². The molecular formula is C14H22N2O3S. The molecule has 0 aromatic carbocycles. The first kappa shape index (κ1) is 14.2. The average molecular weight is 298 g/mol. The van der Waals surface area contributed by atoms with Crippen LogP contribution in [-0.2, 0) is 9.59 Å². The Balaban J connectivity index is 1.76. The van der Waals surface area contributed by atoms with Crippen LogP contribution < -0.4 is 0 Å². The van der Waals surface area contributed by atoms with E-state index in [1.807, 2.05) is 0 Å². The van der Waals surface area contributed by atoms with Gasteiger partial charge in [0, 0.05) is 25.3 Å². The van der Waals surface area contributed by atoms with E-state index < -0.39 is 5.60 Å². The number of amides is 2. The maximum atomic E-state index is 12.7. The zero-order valence-corrected chi connectivity index (χ0v) is 12.9. The number of carbonyl (C=O) groups excluding carboxylic acids is 2. The highest BCUT2D eigenvalue weighted by Crippen LogP contribution is 2.47. The number of rotatable bonds is 1. The number of hydrogen-bond acceptors (Lipinski definition) is 4. The zero-order chi connectivity index (χ0) is 14.5. The van der Waals surface area contributed by atoms with Crippen molar-refractivity contribution in [2.45, 2.75) is 56.0 Å². The molecule has 0 radical (unpaired) electrons. The monoisotopic (exact) mass is 298 g/mol. The van der Waals surface area contributed by atoms with E-state index in [2.05, 4.69) is 6.92 Å². The molecule has 3 atom stereocenters. The Hall–Kier alpha value is -0.750. The van der Waals surface area contributed by atoms with Crippen molar-refractivity contribution in [1.29, 1.82) is 0 Å². The van der Waals surface area contributed by atoms with Crippen molar-refractivity contribution >= 4 is 23.6 Å². The van der Waals surface area contributed by atoms with Gasteiger partial charge >= 0.3 is 0 Å². The predicted octanol–water partition coefficient (Wildman–Crippen LogP) is 0.814. The number of nitrogens with zero attached hydrogens (tertiary/aromatic N) is 2. The lowest BCUT2D eigenvalue weighted by molar-refractivity contribution is -0.147. The number of β-amino-alcohol motifs (C(OH)–C–C–N with tert-alkyl or cyclic N) is 1. The quantitative estimate of drug-likeness (QED) is 0.778. The van der Waals surface area contributed by atoms with Crippen LogP contribution in [0.2, 0.25) is 0 Å². The van der Waals surface area contributed by atoms with E-state index in [0.717, 1.165) is 19.3 Å². The maximum Gasteiger partial charge on any atom is 0.246 e. The topological polar surface area (TPSA) is 60.9 Å². The van der Waals surface area contributed by atoms with Crippen LogP contribution in [0.1, 0.15) is 39.5 Å². The van der Waals surface area contributed by atoms with Gasteiger partial charge in [0.1, 0.15) is 6.04 Å². The Morgan fingerprint density at radius 1 is 1.40 bits per heavy atom. The molecule has 0 bridgehead atoms. The number of fused-ring (bicyclic) bond motifs is 1. The lowest BCUT2D eigenvalue weighted by Crippen LogP contribution is -2.56. The predicted molar refractivity (Wildman–Crippen MR) is 77.2 cm³/mol.